The summed E-state index contributed by atoms with van der Waals surface area (Å²) in [5.41, 5.74) is 1.85. The van der Waals surface area contributed by atoms with E-state index in [1.807, 2.05) is 0 Å². The van der Waals surface area contributed by atoms with Crippen molar-refractivity contribution in [1.29, 1.82) is 0 Å². The van der Waals surface area contributed by atoms with Crippen LogP contribution in [-0.2, 0) is 71.4 Å². The minimum atomic E-state index is -2.75. The van der Waals surface area contributed by atoms with Crippen LogP contribution in [-0.4, -0.2) is 141 Å². The molecule has 9 unspecified atom stereocenters. The molecular weight excluding hydrogens is 961 g/mol. The predicted octanol–water partition coefficient (Wildman–Crippen LogP) is 3.63. The third-order valence-corrected chi connectivity index (χ3v) is 10.7. The number of hydrogen-bond acceptors (Lipinski definition) is 21. The Bertz CT molecular complexity index is 2680. The molecule has 0 saturated carbocycles. The van der Waals surface area contributed by atoms with Crippen molar-refractivity contribution in [2.75, 3.05) is 19.8 Å². The fraction of sp³-hybridized carbons (Fsp3) is 0.269. The van der Waals surface area contributed by atoms with Crippen molar-refractivity contribution in [3.05, 3.63) is 144 Å². The molecule has 9 atom stereocenters. The third-order valence-electron chi connectivity index (χ3n) is 10.7. The fourth-order valence-electron chi connectivity index (χ4n) is 7.17. The molecule has 0 radical (unpaired) electrons. The summed E-state index contributed by atoms with van der Waals surface area (Å²) in [4.78, 5) is 78.4. The lowest BCUT2D eigenvalue weighted by atomic mass is 9.98. The van der Waals surface area contributed by atoms with Crippen LogP contribution < -0.4 is 0 Å². The topological polar surface area (TPSA) is 307 Å². The molecule has 0 bridgehead atoms. The van der Waals surface area contributed by atoms with Crippen LogP contribution in [0, 0.1) is 0 Å². The van der Waals surface area contributed by atoms with Crippen LogP contribution in [0.3, 0.4) is 0 Å². The van der Waals surface area contributed by atoms with Crippen molar-refractivity contribution in [1.82, 2.24) is 0 Å². The molecular formula is C52H50O21. The van der Waals surface area contributed by atoms with Gasteiger partial charge >= 0.3 is 35.8 Å². The molecule has 0 aliphatic carbocycles. The molecule has 4 aromatic carbocycles. The van der Waals surface area contributed by atoms with Crippen molar-refractivity contribution < 1.29 is 102 Å². The Balaban J connectivity index is 1.36. The molecule has 0 amide bonds. The minimum absolute atomic E-state index is 0.0167. The fourth-order valence-corrected chi connectivity index (χ4v) is 7.17. The largest absolute Gasteiger partial charge is 0.508 e. The Morgan fingerprint density at radius 1 is 0.493 bits per heavy atom. The number of benzene rings is 4. The Hall–Kier alpha value is -8.34. The number of carbonyl (C=O) groups excluding carboxylic acids is 6. The standard InChI is InChI=1S/C52H50O21/c1-30(53)68-48-40(27-65-42(59)23-11-32-3-15-36(55)16-4-32)70-51(47(64)46(48)63)73-52(29-67-44(61)25-13-34-7-19-38(57)20-8-34)50(71-45(62)26-14-35-9-21-39(58)22-10-35)49(69-31(2)54)41(72-52)28-66-43(60)24-12-33-5-17-37(56)18-6-33/h3-26,40-41,46-51,55-58,63-64H,27-29H2,1-2H3/b23-11+,24-12+,25-13+,26-14+. The quantitative estimate of drug-likeness (QED) is 0.0444. The first kappa shape index (κ1) is 54.0. The first-order chi connectivity index (χ1) is 34.9. The normalized spacial score (nSPS) is 23.8. The molecule has 6 N–H and O–H groups in total. The van der Waals surface area contributed by atoms with Crippen molar-refractivity contribution in [2.24, 2.45) is 0 Å². The van der Waals surface area contributed by atoms with Crippen LogP contribution in [0.4, 0.5) is 0 Å². The molecule has 21 nitrogen and oxygen atoms in total. The van der Waals surface area contributed by atoms with E-state index in [1.165, 1.54) is 121 Å². The lowest BCUT2D eigenvalue weighted by Crippen LogP contribution is -2.64. The van der Waals surface area contributed by atoms with Gasteiger partial charge in [0.05, 0.1) is 0 Å². The Morgan fingerprint density at radius 2 is 0.863 bits per heavy atom. The number of aromatic hydroxyl groups is 4. The molecule has 4 aromatic rings. The first-order valence-corrected chi connectivity index (χ1v) is 22.2. The lowest BCUT2D eigenvalue weighted by Gasteiger charge is -2.44. The Morgan fingerprint density at radius 3 is 1.27 bits per heavy atom. The van der Waals surface area contributed by atoms with Gasteiger partial charge in [-0.3, -0.25) is 9.59 Å². The molecule has 6 rings (SSSR count). The monoisotopic (exact) mass is 1010 g/mol. The highest BCUT2D eigenvalue weighted by Gasteiger charge is 2.64. The molecule has 2 aliphatic heterocycles. The summed E-state index contributed by atoms with van der Waals surface area (Å²) in [6.07, 6.45) is -5.99. The molecule has 73 heavy (non-hydrogen) atoms. The molecule has 21 heteroatoms. The smallest absolute Gasteiger partial charge is 0.331 e. The van der Waals surface area contributed by atoms with Crippen LogP contribution in [0.25, 0.3) is 24.3 Å². The zero-order valence-electron chi connectivity index (χ0n) is 38.9. The summed E-state index contributed by atoms with van der Waals surface area (Å²) in [5, 5.41) is 61.8. The summed E-state index contributed by atoms with van der Waals surface area (Å²) in [6.45, 7) is -0.663. The van der Waals surface area contributed by atoms with E-state index < -0.39 is 110 Å². The predicted molar refractivity (Wildman–Crippen MR) is 252 cm³/mol. The van der Waals surface area contributed by atoms with Crippen LogP contribution in [0.1, 0.15) is 36.1 Å². The Labute approximate surface area is 416 Å². The van der Waals surface area contributed by atoms with Gasteiger partial charge in [0.15, 0.2) is 24.6 Å². The molecule has 2 heterocycles. The summed E-state index contributed by atoms with van der Waals surface area (Å²) in [6, 6.07) is 22.9. The van der Waals surface area contributed by atoms with Gasteiger partial charge in [-0.05, 0) is 95.1 Å². The zero-order chi connectivity index (χ0) is 52.7. The second kappa shape index (κ2) is 25.2. The highest BCUT2D eigenvalue weighted by molar-refractivity contribution is 5.89. The second-order valence-electron chi connectivity index (χ2n) is 16.2. The number of rotatable bonds is 19. The van der Waals surface area contributed by atoms with Crippen molar-refractivity contribution >= 4 is 60.1 Å². The van der Waals surface area contributed by atoms with E-state index in [0.29, 0.717) is 22.3 Å². The Kier molecular flexibility index (Phi) is 18.6. The van der Waals surface area contributed by atoms with E-state index in [0.717, 1.165) is 38.2 Å². The molecule has 2 aliphatic rings. The van der Waals surface area contributed by atoms with Gasteiger partial charge in [-0.2, -0.15) is 0 Å². The maximum Gasteiger partial charge on any atom is 0.331 e. The highest BCUT2D eigenvalue weighted by atomic mass is 16.8. The SMILES string of the molecule is CC(=O)OC1C(COC(=O)/C=C/c2ccc(O)cc2)OC(OC2(COC(=O)/C=C/c3ccc(O)cc3)OC(COC(=O)/C=C/c3ccc(O)cc3)C(OC(C)=O)C2OC(=O)/C=C/c2ccc(O)cc2)C(O)C1O. The van der Waals surface area contributed by atoms with E-state index in [9.17, 15) is 59.4 Å². The van der Waals surface area contributed by atoms with E-state index in [2.05, 4.69) is 0 Å². The molecule has 0 aromatic heterocycles. The van der Waals surface area contributed by atoms with E-state index in [4.69, 9.17) is 42.6 Å². The number of phenols is 4. The molecule has 2 fully saturated rings. The van der Waals surface area contributed by atoms with Gasteiger partial charge in [-0.25, -0.2) is 19.2 Å². The number of esters is 6. The summed E-state index contributed by atoms with van der Waals surface area (Å²) in [7, 11) is 0. The van der Waals surface area contributed by atoms with Crippen LogP contribution in [0.15, 0.2) is 121 Å². The van der Waals surface area contributed by atoms with Gasteiger partial charge in [0.2, 0.25) is 5.79 Å². The van der Waals surface area contributed by atoms with Crippen molar-refractivity contribution in [3.63, 3.8) is 0 Å². The number of carbonyl (C=O) groups is 6. The van der Waals surface area contributed by atoms with Crippen molar-refractivity contribution in [3.8, 4) is 23.0 Å². The van der Waals surface area contributed by atoms with Crippen molar-refractivity contribution in [2.45, 2.75) is 68.7 Å². The van der Waals surface area contributed by atoms with Crippen LogP contribution in [0.5, 0.6) is 23.0 Å². The average molecular weight is 1010 g/mol. The minimum Gasteiger partial charge on any atom is -0.508 e. The summed E-state index contributed by atoms with van der Waals surface area (Å²) >= 11 is 0. The number of ether oxygens (including phenoxy) is 9. The maximum absolute atomic E-state index is 13.8. The van der Waals surface area contributed by atoms with E-state index >= 15 is 0 Å². The zero-order valence-corrected chi connectivity index (χ0v) is 38.9. The average Bonchev–Trinajstić information content (AvgIpc) is 3.63. The molecule has 384 valence electrons. The van der Waals surface area contributed by atoms with Gasteiger partial charge in [0.25, 0.3) is 0 Å². The number of aliphatic hydroxyl groups excluding tert-OH is 2. The van der Waals surface area contributed by atoms with Gasteiger partial charge < -0.3 is 73.3 Å². The summed E-state index contributed by atoms with van der Waals surface area (Å²) in [5.74, 6) is -9.01. The van der Waals surface area contributed by atoms with Gasteiger partial charge in [0.1, 0.15) is 67.2 Å². The highest BCUT2D eigenvalue weighted by Crippen LogP contribution is 2.41. The van der Waals surface area contributed by atoms with E-state index in [1.54, 1.807) is 0 Å². The van der Waals surface area contributed by atoms with Gasteiger partial charge in [-0.1, -0.05) is 48.5 Å². The maximum atomic E-state index is 13.8. The number of phenolic OH excluding ortho intramolecular Hbond substituents is 4. The molecule has 2 saturated heterocycles. The third kappa shape index (κ3) is 15.8. The van der Waals surface area contributed by atoms with Gasteiger partial charge in [-0.15, -0.1) is 0 Å². The number of aliphatic hydroxyl groups is 2. The van der Waals surface area contributed by atoms with Gasteiger partial charge in [0, 0.05) is 38.2 Å². The number of hydrogen-bond donors (Lipinski definition) is 6. The first-order valence-electron chi connectivity index (χ1n) is 22.2. The lowest BCUT2D eigenvalue weighted by molar-refractivity contribution is -0.383. The summed E-state index contributed by atoms with van der Waals surface area (Å²) < 4.78 is 52.0. The molecule has 0 spiro atoms. The van der Waals surface area contributed by atoms with Crippen LogP contribution >= 0.6 is 0 Å². The van der Waals surface area contributed by atoms with E-state index in [-0.39, 0.29) is 23.0 Å². The second-order valence-corrected chi connectivity index (χ2v) is 16.2. The van der Waals surface area contributed by atoms with Crippen LogP contribution in [0.2, 0.25) is 0 Å².